The zero-order valence-electron chi connectivity index (χ0n) is 10.5. The summed E-state index contributed by atoms with van der Waals surface area (Å²) < 4.78 is 14.2. The average Bonchev–Trinajstić information content (AvgIpc) is 2.82. The summed E-state index contributed by atoms with van der Waals surface area (Å²) in [6.45, 7) is 1.02. The molecule has 0 aromatic heterocycles. The monoisotopic (exact) mass is 311 g/mol. The molecule has 2 aliphatic rings. The molecule has 2 unspecified atom stereocenters. The van der Waals surface area contributed by atoms with E-state index in [4.69, 9.17) is 0 Å². The molecule has 18 heavy (non-hydrogen) atoms. The van der Waals surface area contributed by atoms with Crippen LogP contribution in [-0.4, -0.2) is 12.6 Å². The molecule has 1 nitrogen and oxygen atoms in total. The van der Waals surface area contributed by atoms with Crippen molar-refractivity contribution in [3.05, 3.63) is 29.6 Å². The molecule has 0 radical (unpaired) electrons. The normalized spacial score (nSPS) is 27.3. The van der Waals surface area contributed by atoms with Crippen molar-refractivity contribution >= 4 is 21.6 Å². The van der Waals surface area contributed by atoms with E-state index in [9.17, 15) is 4.39 Å². The standard InChI is InChI=1S/C15H19BrFN/c16-10-12-5-3-6-13(17)15(12)18-9-8-11-4-1-2-7-14(11)18/h3,5-6,11,14H,1-2,4,7-10H2. The third-order valence-electron chi connectivity index (χ3n) is 4.51. The molecule has 3 heteroatoms. The third kappa shape index (κ3) is 2.07. The van der Waals surface area contributed by atoms with Crippen LogP contribution in [0.1, 0.15) is 37.7 Å². The summed E-state index contributed by atoms with van der Waals surface area (Å²) in [5, 5.41) is 0.730. The van der Waals surface area contributed by atoms with Gasteiger partial charge in [0.1, 0.15) is 5.82 Å². The summed E-state index contributed by atoms with van der Waals surface area (Å²) in [6, 6.07) is 6.01. The maximum atomic E-state index is 14.2. The van der Waals surface area contributed by atoms with Crippen molar-refractivity contribution in [2.75, 3.05) is 11.4 Å². The number of halogens is 2. The van der Waals surface area contributed by atoms with Crippen LogP contribution in [0.5, 0.6) is 0 Å². The summed E-state index contributed by atoms with van der Waals surface area (Å²) in [6.07, 6.45) is 6.47. The lowest BCUT2D eigenvalue weighted by atomic mass is 9.85. The predicted molar refractivity (Wildman–Crippen MR) is 76.7 cm³/mol. The van der Waals surface area contributed by atoms with E-state index in [1.807, 2.05) is 12.1 Å². The van der Waals surface area contributed by atoms with Crippen molar-refractivity contribution in [1.29, 1.82) is 0 Å². The Balaban J connectivity index is 1.95. The lowest BCUT2D eigenvalue weighted by Crippen LogP contribution is -2.35. The minimum Gasteiger partial charge on any atom is -0.366 e. The molecule has 1 aliphatic heterocycles. The zero-order chi connectivity index (χ0) is 12.5. The van der Waals surface area contributed by atoms with Gasteiger partial charge in [-0.05, 0) is 36.8 Å². The number of hydrogen-bond donors (Lipinski definition) is 0. The van der Waals surface area contributed by atoms with Gasteiger partial charge in [0.05, 0.1) is 5.69 Å². The molecule has 2 fully saturated rings. The molecule has 1 heterocycles. The van der Waals surface area contributed by atoms with E-state index in [0.29, 0.717) is 6.04 Å². The Morgan fingerprint density at radius 3 is 2.89 bits per heavy atom. The van der Waals surface area contributed by atoms with E-state index >= 15 is 0 Å². The fourth-order valence-corrected chi connectivity index (χ4v) is 4.13. The van der Waals surface area contributed by atoms with Crippen LogP contribution in [0, 0.1) is 11.7 Å². The second-order valence-electron chi connectivity index (χ2n) is 5.48. The van der Waals surface area contributed by atoms with E-state index in [2.05, 4.69) is 20.8 Å². The minimum absolute atomic E-state index is 0.0572. The number of fused-ring (bicyclic) bond motifs is 1. The van der Waals surface area contributed by atoms with E-state index in [0.717, 1.165) is 29.0 Å². The molecule has 3 rings (SSSR count). The molecule has 98 valence electrons. The van der Waals surface area contributed by atoms with Gasteiger partial charge in [0, 0.05) is 17.9 Å². The lowest BCUT2D eigenvalue weighted by Gasteiger charge is -2.34. The fourth-order valence-electron chi connectivity index (χ4n) is 3.67. The van der Waals surface area contributed by atoms with Gasteiger partial charge in [-0.15, -0.1) is 0 Å². The molecule has 1 aliphatic carbocycles. The Labute approximate surface area is 116 Å². The second-order valence-corrected chi connectivity index (χ2v) is 6.04. The van der Waals surface area contributed by atoms with Crippen molar-refractivity contribution in [3.63, 3.8) is 0 Å². The van der Waals surface area contributed by atoms with Crippen LogP contribution in [0.25, 0.3) is 0 Å². The van der Waals surface area contributed by atoms with Crippen LogP contribution >= 0.6 is 15.9 Å². The molecule has 0 N–H and O–H groups in total. The molecular formula is C15H19BrFN. The number of hydrogen-bond acceptors (Lipinski definition) is 1. The molecule has 1 aromatic rings. The van der Waals surface area contributed by atoms with Gasteiger partial charge >= 0.3 is 0 Å². The van der Waals surface area contributed by atoms with Gasteiger partial charge < -0.3 is 4.90 Å². The van der Waals surface area contributed by atoms with E-state index in [-0.39, 0.29) is 5.82 Å². The van der Waals surface area contributed by atoms with E-state index in [1.54, 1.807) is 6.07 Å². The van der Waals surface area contributed by atoms with Crippen molar-refractivity contribution in [2.24, 2.45) is 5.92 Å². The quantitative estimate of drug-likeness (QED) is 0.727. The smallest absolute Gasteiger partial charge is 0.146 e. The first kappa shape index (κ1) is 12.5. The van der Waals surface area contributed by atoms with Crippen LogP contribution in [0.4, 0.5) is 10.1 Å². The van der Waals surface area contributed by atoms with Gasteiger partial charge in [0.2, 0.25) is 0 Å². The Morgan fingerprint density at radius 1 is 1.22 bits per heavy atom. The Hall–Kier alpha value is -0.570. The number of anilines is 1. The average molecular weight is 312 g/mol. The first-order valence-corrected chi connectivity index (χ1v) is 8.03. The number of benzene rings is 1. The molecule has 0 bridgehead atoms. The van der Waals surface area contributed by atoms with Crippen molar-refractivity contribution in [3.8, 4) is 0 Å². The lowest BCUT2D eigenvalue weighted by molar-refractivity contribution is 0.341. The van der Waals surface area contributed by atoms with Gasteiger partial charge in [-0.1, -0.05) is 40.9 Å². The predicted octanol–water partition coefficient (Wildman–Crippen LogP) is 4.49. The molecule has 1 saturated carbocycles. The SMILES string of the molecule is Fc1cccc(CBr)c1N1CCC2CCCCC21. The highest BCUT2D eigenvalue weighted by atomic mass is 79.9. The van der Waals surface area contributed by atoms with Gasteiger partial charge in [-0.3, -0.25) is 0 Å². The maximum Gasteiger partial charge on any atom is 0.146 e. The van der Waals surface area contributed by atoms with Crippen LogP contribution in [0.2, 0.25) is 0 Å². The molecule has 2 atom stereocenters. The molecular weight excluding hydrogens is 293 g/mol. The first-order valence-electron chi connectivity index (χ1n) is 6.91. The Morgan fingerprint density at radius 2 is 2.06 bits per heavy atom. The summed E-state index contributed by atoms with van der Waals surface area (Å²) in [4.78, 5) is 2.34. The number of alkyl halides is 1. The van der Waals surface area contributed by atoms with Crippen LogP contribution in [0.15, 0.2) is 18.2 Å². The Bertz CT molecular complexity index is 435. The van der Waals surface area contributed by atoms with E-state index in [1.165, 1.54) is 32.1 Å². The van der Waals surface area contributed by atoms with Gasteiger partial charge in [0.15, 0.2) is 0 Å². The topological polar surface area (TPSA) is 3.24 Å². The molecule has 1 aromatic carbocycles. The van der Waals surface area contributed by atoms with Gasteiger partial charge in [-0.25, -0.2) is 4.39 Å². The summed E-state index contributed by atoms with van der Waals surface area (Å²) in [5.41, 5.74) is 1.94. The number of nitrogens with zero attached hydrogens (tertiary/aromatic N) is 1. The summed E-state index contributed by atoms with van der Waals surface area (Å²) in [7, 11) is 0. The van der Waals surface area contributed by atoms with Crippen LogP contribution in [0.3, 0.4) is 0 Å². The van der Waals surface area contributed by atoms with E-state index < -0.39 is 0 Å². The van der Waals surface area contributed by atoms with Crippen molar-refractivity contribution < 1.29 is 4.39 Å². The molecule has 0 amide bonds. The molecule has 1 saturated heterocycles. The van der Waals surface area contributed by atoms with Crippen molar-refractivity contribution in [2.45, 2.75) is 43.5 Å². The van der Waals surface area contributed by atoms with Crippen LogP contribution < -0.4 is 4.90 Å². The Kier molecular flexibility index (Phi) is 3.60. The number of rotatable bonds is 2. The minimum atomic E-state index is -0.0572. The first-order chi connectivity index (χ1) is 8.81. The number of para-hydroxylation sites is 1. The van der Waals surface area contributed by atoms with Gasteiger partial charge in [-0.2, -0.15) is 0 Å². The third-order valence-corrected chi connectivity index (χ3v) is 5.12. The highest BCUT2D eigenvalue weighted by Gasteiger charge is 2.37. The zero-order valence-corrected chi connectivity index (χ0v) is 12.1. The fraction of sp³-hybridized carbons (Fsp3) is 0.600. The highest BCUT2D eigenvalue weighted by molar-refractivity contribution is 9.08. The van der Waals surface area contributed by atoms with Crippen LogP contribution in [-0.2, 0) is 5.33 Å². The maximum absolute atomic E-state index is 14.2. The largest absolute Gasteiger partial charge is 0.366 e. The summed E-state index contributed by atoms with van der Waals surface area (Å²) >= 11 is 3.48. The van der Waals surface area contributed by atoms with Crippen molar-refractivity contribution in [1.82, 2.24) is 0 Å². The second kappa shape index (κ2) is 5.20. The summed E-state index contributed by atoms with van der Waals surface area (Å²) in [5.74, 6) is 0.736. The molecule has 0 spiro atoms. The highest BCUT2D eigenvalue weighted by Crippen LogP contribution is 2.41. The van der Waals surface area contributed by atoms with Gasteiger partial charge in [0.25, 0.3) is 0 Å².